The first-order valence-electron chi connectivity index (χ1n) is 8.21. The van der Waals surface area contributed by atoms with Crippen LogP contribution in [0.5, 0.6) is 0 Å². The molecule has 0 unspecified atom stereocenters. The van der Waals surface area contributed by atoms with E-state index < -0.39 is 0 Å². The van der Waals surface area contributed by atoms with E-state index in [1.165, 1.54) is 31.5 Å². The summed E-state index contributed by atoms with van der Waals surface area (Å²) in [4.78, 5) is 19.0. The molecule has 22 heavy (non-hydrogen) atoms. The lowest BCUT2D eigenvalue weighted by Gasteiger charge is -2.17. The molecular weight excluding hydrogens is 294 g/mol. The number of carbonyl (C=O) groups excluding carboxylic acids is 1. The number of amides is 1. The molecule has 1 aliphatic rings. The van der Waals surface area contributed by atoms with Crippen molar-refractivity contribution in [3.63, 3.8) is 0 Å². The molecule has 1 aromatic rings. The molecule has 0 aromatic carbocycles. The number of hydrogen-bond acceptors (Lipinski definition) is 4. The van der Waals surface area contributed by atoms with Gasteiger partial charge in [0.05, 0.1) is 17.5 Å². The fourth-order valence-corrected chi connectivity index (χ4v) is 3.54. The summed E-state index contributed by atoms with van der Waals surface area (Å²) in [5.41, 5.74) is 2.13. The second-order valence-corrected chi connectivity index (χ2v) is 6.99. The molecular formula is C17H27N3OS. The highest BCUT2D eigenvalue weighted by Crippen LogP contribution is 2.15. The predicted octanol–water partition coefficient (Wildman–Crippen LogP) is 2.79. The highest BCUT2D eigenvalue weighted by molar-refractivity contribution is 7.99. The van der Waals surface area contributed by atoms with Crippen LogP contribution in [0.15, 0.2) is 18.3 Å². The van der Waals surface area contributed by atoms with Crippen LogP contribution in [0.25, 0.3) is 0 Å². The number of rotatable bonds is 8. The Morgan fingerprint density at radius 2 is 2.23 bits per heavy atom. The Labute approximate surface area is 138 Å². The second kappa shape index (κ2) is 9.16. The van der Waals surface area contributed by atoms with Crippen molar-refractivity contribution in [1.82, 2.24) is 15.2 Å². The molecule has 1 aromatic heterocycles. The molecule has 0 saturated carbocycles. The number of likely N-dealkylation sites (tertiary alicyclic amines) is 1. The highest BCUT2D eigenvalue weighted by Gasteiger charge is 2.15. The molecule has 1 saturated heterocycles. The van der Waals surface area contributed by atoms with E-state index in [0.717, 1.165) is 24.4 Å². The first-order valence-corrected chi connectivity index (χ1v) is 9.36. The van der Waals surface area contributed by atoms with Gasteiger partial charge >= 0.3 is 0 Å². The Morgan fingerprint density at radius 3 is 2.91 bits per heavy atom. The van der Waals surface area contributed by atoms with Gasteiger partial charge in [-0.15, -0.1) is 0 Å². The van der Waals surface area contributed by atoms with Gasteiger partial charge in [-0.05, 0) is 57.0 Å². The zero-order chi connectivity index (χ0) is 15.8. The summed E-state index contributed by atoms with van der Waals surface area (Å²) < 4.78 is 0. The summed E-state index contributed by atoms with van der Waals surface area (Å²) in [6, 6.07) is 4.05. The predicted molar refractivity (Wildman–Crippen MR) is 93.1 cm³/mol. The van der Waals surface area contributed by atoms with Crippen LogP contribution in [0.3, 0.4) is 0 Å². The van der Waals surface area contributed by atoms with Crippen LogP contribution in [0.2, 0.25) is 0 Å². The molecule has 2 rings (SSSR count). The van der Waals surface area contributed by atoms with E-state index in [-0.39, 0.29) is 11.9 Å². The maximum atomic E-state index is 12.1. The maximum absolute atomic E-state index is 12.1. The number of aryl methyl sites for hydroxylation is 1. The molecule has 1 fully saturated rings. The van der Waals surface area contributed by atoms with Crippen molar-refractivity contribution in [1.29, 1.82) is 0 Å². The van der Waals surface area contributed by atoms with E-state index in [9.17, 15) is 4.79 Å². The number of nitrogens with zero attached hydrogens (tertiary/aromatic N) is 2. The van der Waals surface area contributed by atoms with Crippen LogP contribution in [0.1, 0.15) is 43.5 Å². The van der Waals surface area contributed by atoms with Gasteiger partial charge in [-0.25, -0.2) is 0 Å². The molecule has 0 bridgehead atoms. The minimum absolute atomic E-state index is 0.0200. The van der Waals surface area contributed by atoms with Crippen LogP contribution in [-0.2, 0) is 4.79 Å². The van der Waals surface area contributed by atoms with E-state index in [0.29, 0.717) is 5.75 Å². The molecule has 0 radical (unpaired) electrons. The lowest BCUT2D eigenvalue weighted by molar-refractivity contribution is -0.119. The van der Waals surface area contributed by atoms with Gasteiger partial charge in [0.25, 0.3) is 0 Å². The lowest BCUT2D eigenvalue weighted by Crippen LogP contribution is -2.30. The molecule has 1 amide bonds. The minimum atomic E-state index is 0.0200. The van der Waals surface area contributed by atoms with Crippen molar-refractivity contribution in [3.05, 3.63) is 29.6 Å². The fraction of sp³-hybridized carbons (Fsp3) is 0.647. The average molecular weight is 321 g/mol. The zero-order valence-corrected chi connectivity index (χ0v) is 14.5. The standard InChI is InChI=1S/C17H27N3OS/c1-3-15(16-12-14(2)6-7-18-16)19-17(21)13-22-11-10-20-8-4-5-9-20/h6-7,12,15H,3-5,8-11,13H2,1-2H3,(H,19,21)/t15-/m0/s1. The molecule has 2 heterocycles. The normalized spacial score (nSPS) is 16.6. The average Bonchev–Trinajstić information content (AvgIpc) is 3.02. The third-order valence-corrected chi connectivity index (χ3v) is 4.96. The van der Waals surface area contributed by atoms with Gasteiger partial charge < -0.3 is 10.2 Å². The summed E-state index contributed by atoms with van der Waals surface area (Å²) in [6.07, 6.45) is 5.32. The summed E-state index contributed by atoms with van der Waals surface area (Å²) in [5, 5.41) is 3.10. The van der Waals surface area contributed by atoms with Crippen molar-refractivity contribution < 1.29 is 4.79 Å². The number of carbonyl (C=O) groups is 1. The maximum Gasteiger partial charge on any atom is 0.230 e. The third-order valence-electron chi connectivity index (χ3n) is 4.02. The summed E-state index contributed by atoms with van der Waals surface area (Å²) in [7, 11) is 0. The van der Waals surface area contributed by atoms with Crippen molar-refractivity contribution >= 4 is 17.7 Å². The van der Waals surface area contributed by atoms with E-state index >= 15 is 0 Å². The third kappa shape index (κ3) is 5.61. The topological polar surface area (TPSA) is 45.2 Å². The Kier molecular flexibility index (Phi) is 7.19. The van der Waals surface area contributed by atoms with Crippen LogP contribution in [-0.4, -0.2) is 46.9 Å². The molecule has 1 N–H and O–H groups in total. The van der Waals surface area contributed by atoms with Gasteiger partial charge in [-0.1, -0.05) is 6.92 Å². The van der Waals surface area contributed by atoms with Crippen molar-refractivity contribution in [2.24, 2.45) is 0 Å². The molecule has 1 aliphatic heterocycles. The van der Waals surface area contributed by atoms with Gasteiger partial charge in [-0.3, -0.25) is 9.78 Å². The van der Waals surface area contributed by atoms with E-state index in [4.69, 9.17) is 0 Å². The van der Waals surface area contributed by atoms with E-state index in [1.807, 2.05) is 19.2 Å². The van der Waals surface area contributed by atoms with Crippen LogP contribution >= 0.6 is 11.8 Å². The first kappa shape index (κ1) is 17.3. The summed E-state index contributed by atoms with van der Waals surface area (Å²) in [6.45, 7) is 7.69. The molecule has 122 valence electrons. The molecule has 1 atom stereocenters. The van der Waals surface area contributed by atoms with Gasteiger partial charge in [0.1, 0.15) is 0 Å². The SMILES string of the molecule is CC[C@H](NC(=O)CSCCN1CCCC1)c1cc(C)ccn1. The fourth-order valence-electron chi connectivity index (χ4n) is 2.74. The van der Waals surface area contributed by atoms with E-state index in [2.05, 4.69) is 28.2 Å². The van der Waals surface area contributed by atoms with Crippen molar-refractivity contribution in [2.75, 3.05) is 31.1 Å². The Bertz CT molecular complexity index is 475. The number of hydrogen-bond donors (Lipinski definition) is 1. The van der Waals surface area contributed by atoms with Crippen LogP contribution in [0.4, 0.5) is 0 Å². The summed E-state index contributed by atoms with van der Waals surface area (Å²) in [5.74, 6) is 1.69. The Hall–Kier alpha value is -1.07. The van der Waals surface area contributed by atoms with Gasteiger partial charge in [0.15, 0.2) is 0 Å². The number of aromatic nitrogens is 1. The molecule has 4 nitrogen and oxygen atoms in total. The van der Waals surface area contributed by atoms with E-state index in [1.54, 1.807) is 11.8 Å². The monoisotopic (exact) mass is 321 g/mol. The number of nitrogens with one attached hydrogen (secondary N) is 1. The zero-order valence-electron chi connectivity index (χ0n) is 13.7. The second-order valence-electron chi connectivity index (χ2n) is 5.89. The van der Waals surface area contributed by atoms with Crippen LogP contribution < -0.4 is 5.32 Å². The minimum Gasteiger partial charge on any atom is -0.347 e. The Balaban J connectivity index is 1.70. The van der Waals surface area contributed by atoms with Crippen molar-refractivity contribution in [3.8, 4) is 0 Å². The smallest absolute Gasteiger partial charge is 0.230 e. The molecule has 0 aliphatic carbocycles. The molecule has 5 heteroatoms. The Morgan fingerprint density at radius 1 is 1.45 bits per heavy atom. The van der Waals surface area contributed by atoms with Crippen LogP contribution in [0, 0.1) is 6.92 Å². The van der Waals surface area contributed by atoms with Gasteiger partial charge in [-0.2, -0.15) is 11.8 Å². The highest BCUT2D eigenvalue weighted by atomic mass is 32.2. The number of thioether (sulfide) groups is 1. The van der Waals surface area contributed by atoms with Gasteiger partial charge in [0.2, 0.25) is 5.91 Å². The largest absolute Gasteiger partial charge is 0.347 e. The molecule has 0 spiro atoms. The van der Waals surface area contributed by atoms with Crippen molar-refractivity contribution in [2.45, 2.75) is 39.2 Å². The lowest BCUT2D eigenvalue weighted by atomic mass is 10.1. The summed E-state index contributed by atoms with van der Waals surface area (Å²) >= 11 is 1.72. The van der Waals surface area contributed by atoms with Gasteiger partial charge in [0, 0.05) is 18.5 Å². The number of pyridine rings is 1. The quantitative estimate of drug-likeness (QED) is 0.748. The first-order chi connectivity index (χ1) is 10.7.